The van der Waals surface area contributed by atoms with Gasteiger partial charge in [-0.1, -0.05) is 0 Å². The normalized spacial score (nSPS) is 9.50. The number of hydrogen-bond donors (Lipinski definition) is 3. The molecule has 0 fully saturated rings. The number of rotatable bonds is 3. The maximum absolute atomic E-state index is 10.9. The van der Waals surface area contributed by atoms with Crippen LogP contribution in [0.4, 0.5) is 4.79 Å². The Kier molecular flexibility index (Phi) is 3.69. The molecule has 3 amide bonds. The zero-order valence-electron chi connectivity index (χ0n) is 7.32. The smallest absolute Gasteiger partial charge is 0.321 e. The molecule has 0 aliphatic rings. The molecule has 0 unspecified atom stereocenters. The molecule has 3 N–H and O–H groups in total. The van der Waals surface area contributed by atoms with Crippen LogP contribution in [0.3, 0.4) is 0 Å². The quantitative estimate of drug-likeness (QED) is 0.616. The van der Waals surface area contributed by atoms with E-state index in [1.54, 1.807) is 12.1 Å². The van der Waals surface area contributed by atoms with Crippen molar-refractivity contribution < 1.29 is 19.1 Å². The fourth-order valence-corrected chi connectivity index (χ4v) is 0.791. The summed E-state index contributed by atoms with van der Waals surface area (Å²) in [6.45, 7) is -0.522. The van der Waals surface area contributed by atoms with E-state index in [0.29, 0.717) is 5.76 Å². The van der Waals surface area contributed by atoms with E-state index < -0.39 is 18.5 Å². The molecule has 0 saturated heterocycles. The number of amides is 3. The number of nitrogens with one attached hydrogen (secondary N) is 2. The molecule has 6 heteroatoms. The summed E-state index contributed by atoms with van der Waals surface area (Å²) in [5, 5.41) is 12.6. The van der Waals surface area contributed by atoms with Gasteiger partial charge in [-0.05, 0) is 12.1 Å². The van der Waals surface area contributed by atoms with Crippen molar-refractivity contribution in [3.63, 3.8) is 0 Å². The van der Waals surface area contributed by atoms with Gasteiger partial charge >= 0.3 is 6.03 Å². The Morgan fingerprint density at radius 1 is 1.50 bits per heavy atom. The van der Waals surface area contributed by atoms with E-state index in [1.165, 1.54) is 6.26 Å². The molecule has 0 aliphatic carbocycles. The molecule has 0 radical (unpaired) electrons. The summed E-state index contributed by atoms with van der Waals surface area (Å²) in [5.74, 6) is -0.168. The van der Waals surface area contributed by atoms with E-state index in [2.05, 4.69) is 5.32 Å². The molecule has 1 heterocycles. The number of furan rings is 1. The van der Waals surface area contributed by atoms with Gasteiger partial charge in [0.1, 0.15) is 12.4 Å². The number of urea groups is 1. The molecule has 1 rings (SSSR count). The lowest BCUT2D eigenvalue weighted by atomic mass is 10.4. The molecule has 0 saturated carbocycles. The van der Waals surface area contributed by atoms with Gasteiger partial charge in [0.2, 0.25) is 0 Å². The summed E-state index contributed by atoms with van der Waals surface area (Å²) in [6, 6.07) is 2.71. The molecule has 76 valence electrons. The van der Waals surface area contributed by atoms with Crippen molar-refractivity contribution in [3.8, 4) is 0 Å². The van der Waals surface area contributed by atoms with Crippen molar-refractivity contribution in [2.24, 2.45) is 0 Å². The molecule has 0 aliphatic heterocycles. The van der Waals surface area contributed by atoms with Crippen molar-refractivity contribution in [2.45, 2.75) is 6.54 Å². The average Bonchev–Trinajstić information content (AvgIpc) is 2.67. The summed E-state index contributed by atoms with van der Waals surface area (Å²) in [6.07, 6.45) is 1.48. The third-order valence-electron chi connectivity index (χ3n) is 1.40. The number of aliphatic hydroxyl groups excluding tert-OH is 1. The second-order valence-corrected chi connectivity index (χ2v) is 2.47. The second-order valence-electron chi connectivity index (χ2n) is 2.47. The molecule has 0 bridgehead atoms. The number of hydrogen-bond acceptors (Lipinski definition) is 4. The first-order valence-corrected chi connectivity index (χ1v) is 3.93. The highest BCUT2D eigenvalue weighted by Gasteiger charge is 2.05. The second kappa shape index (κ2) is 5.03. The lowest BCUT2D eigenvalue weighted by Gasteiger charge is -2.02. The molecule has 0 aromatic carbocycles. The largest absolute Gasteiger partial charge is 0.467 e. The zero-order chi connectivity index (χ0) is 10.4. The first kappa shape index (κ1) is 10.3. The van der Waals surface area contributed by atoms with Crippen LogP contribution in [0, 0.1) is 0 Å². The lowest BCUT2D eigenvalue weighted by Crippen LogP contribution is -2.40. The fraction of sp³-hybridized carbons (Fsp3) is 0.250. The van der Waals surface area contributed by atoms with Crippen LogP contribution >= 0.6 is 0 Å². The summed E-state index contributed by atoms with van der Waals surface area (Å²) in [5.41, 5.74) is 0. The van der Waals surface area contributed by atoms with Crippen LogP contribution in [0.15, 0.2) is 22.8 Å². The third kappa shape index (κ3) is 3.28. The van der Waals surface area contributed by atoms with Crippen LogP contribution in [0.25, 0.3) is 0 Å². The molecule has 0 atom stereocenters. The van der Waals surface area contributed by atoms with E-state index in [-0.39, 0.29) is 6.54 Å². The molecule has 14 heavy (non-hydrogen) atoms. The highest BCUT2D eigenvalue weighted by molar-refractivity contribution is 5.94. The molecular weight excluding hydrogens is 188 g/mol. The van der Waals surface area contributed by atoms with Crippen molar-refractivity contribution in [1.82, 2.24) is 10.6 Å². The molecule has 1 aromatic heterocycles. The summed E-state index contributed by atoms with van der Waals surface area (Å²) in [7, 11) is 0. The predicted molar refractivity (Wildman–Crippen MR) is 46.2 cm³/mol. The Morgan fingerprint density at radius 3 is 2.86 bits per heavy atom. The summed E-state index contributed by atoms with van der Waals surface area (Å²) >= 11 is 0. The average molecular weight is 198 g/mol. The minimum atomic E-state index is -0.748. The van der Waals surface area contributed by atoms with Crippen LogP contribution in [-0.4, -0.2) is 23.7 Å². The number of aliphatic hydroxyl groups is 1. The van der Waals surface area contributed by atoms with Gasteiger partial charge in [0.05, 0.1) is 12.8 Å². The monoisotopic (exact) mass is 198 g/mol. The van der Waals surface area contributed by atoms with Crippen LogP contribution in [-0.2, 0) is 11.3 Å². The Labute approximate surface area is 79.9 Å². The minimum Gasteiger partial charge on any atom is -0.467 e. The highest BCUT2D eigenvalue weighted by Crippen LogP contribution is 1.97. The highest BCUT2D eigenvalue weighted by atomic mass is 16.3. The molecular formula is C8H10N2O4. The van der Waals surface area contributed by atoms with E-state index >= 15 is 0 Å². The van der Waals surface area contributed by atoms with E-state index in [0.717, 1.165) is 0 Å². The first-order valence-electron chi connectivity index (χ1n) is 3.93. The van der Waals surface area contributed by atoms with Gasteiger partial charge in [-0.3, -0.25) is 10.1 Å². The molecule has 0 spiro atoms. The maximum atomic E-state index is 10.9. The van der Waals surface area contributed by atoms with Gasteiger partial charge in [0, 0.05) is 0 Å². The van der Waals surface area contributed by atoms with Gasteiger partial charge in [-0.25, -0.2) is 4.79 Å². The number of carbonyl (C=O) groups excluding carboxylic acids is 2. The van der Waals surface area contributed by atoms with Gasteiger partial charge < -0.3 is 14.8 Å². The van der Waals surface area contributed by atoms with Gasteiger partial charge in [-0.15, -0.1) is 0 Å². The Bertz CT molecular complexity index is 307. The van der Waals surface area contributed by atoms with Crippen LogP contribution < -0.4 is 10.6 Å². The third-order valence-corrected chi connectivity index (χ3v) is 1.40. The topological polar surface area (TPSA) is 91.6 Å². The van der Waals surface area contributed by atoms with Crippen molar-refractivity contribution in [2.75, 3.05) is 6.61 Å². The van der Waals surface area contributed by atoms with Crippen molar-refractivity contribution in [3.05, 3.63) is 24.2 Å². The minimum absolute atomic E-state index is 0.192. The van der Waals surface area contributed by atoms with E-state index in [1.807, 2.05) is 5.32 Å². The van der Waals surface area contributed by atoms with Gasteiger partial charge in [0.15, 0.2) is 0 Å². The number of carbonyl (C=O) groups is 2. The SMILES string of the molecule is O=C(CO)NC(=O)NCc1ccco1. The zero-order valence-corrected chi connectivity index (χ0v) is 7.32. The van der Waals surface area contributed by atoms with Crippen LogP contribution in [0.2, 0.25) is 0 Å². The van der Waals surface area contributed by atoms with Crippen LogP contribution in [0.1, 0.15) is 5.76 Å². The number of imide groups is 1. The Hall–Kier alpha value is -1.82. The molecule has 1 aromatic rings. The van der Waals surface area contributed by atoms with Crippen molar-refractivity contribution in [1.29, 1.82) is 0 Å². The van der Waals surface area contributed by atoms with Gasteiger partial charge in [-0.2, -0.15) is 0 Å². The summed E-state index contributed by atoms with van der Waals surface area (Å²) < 4.78 is 4.94. The van der Waals surface area contributed by atoms with Crippen molar-refractivity contribution >= 4 is 11.9 Å². The lowest BCUT2D eigenvalue weighted by molar-refractivity contribution is -0.122. The Balaban J connectivity index is 2.25. The van der Waals surface area contributed by atoms with Gasteiger partial charge in [0.25, 0.3) is 5.91 Å². The van der Waals surface area contributed by atoms with Crippen LogP contribution in [0.5, 0.6) is 0 Å². The van der Waals surface area contributed by atoms with E-state index in [9.17, 15) is 9.59 Å². The summed E-state index contributed by atoms with van der Waals surface area (Å²) in [4.78, 5) is 21.4. The fourth-order valence-electron chi connectivity index (χ4n) is 0.791. The molecule has 6 nitrogen and oxygen atoms in total. The maximum Gasteiger partial charge on any atom is 0.321 e. The predicted octanol–water partition coefficient (Wildman–Crippen LogP) is -0.402. The first-order chi connectivity index (χ1) is 6.72. The van der Waals surface area contributed by atoms with E-state index in [4.69, 9.17) is 9.52 Å². The Morgan fingerprint density at radius 2 is 2.29 bits per heavy atom. The standard InChI is InChI=1S/C8H10N2O4/c11-5-7(12)10-8(13)9-4-6-2-1-3-14-6/h1-3,11H,4-5H2,(H2,9,10,12,13).